The molecule has 0 N–H and O–H groups in total. The molecule has 0 radical (unpaired) electrons. The van der Waals surface area contributed by atoms with Crippen LogP contribution in [0, 0.1) is 12.3 Å². The smallest absolute Gasteiger partial charge is 0.311 e. The van der Waals surface area contributed by atoms with Crippen LogP contribution in [0.1, 0.15) is 42.4 Å². The first-order valence-electron chi connectivity index (χ1n) is 7.47. The Morgan fingerprint density at radius 2 is 1.91 bits per heavy atom. The van der Waals surface area contributed by atoms with Crippen LogP contribution in [0.4, 0.5) is 0 Å². The average Bonchev–Trinajstić information content (AvgIpc) is 2.83. The molecule has 1 fully saturated rings. The molecule has 0 spiro atoms. The summed E-state index contributed by atoms with van der Waals surface area (Å²) in [4.78, 5) is 14.1. The Morgan fingerprint density at radius 3 is 2.41 bits per heavy atom. The molecule has 1 atom stereocenters. The number of hydrogen-bond donors (Lipinski definition) is 0. The molecule has 1 aromatic carbocycles. The van der Waals surface area contributed by atoms with E-state index >= 15 is 0 Å². The Balaban J connectivity index is 1.83. The van der Waals surface area contributed by atoms with Crippen LogP contribution in [-0.4, -0.2) is 34.6 Å². The van der Waals surface area contributed by atoms with Gasteiger partial charge in [-0.25, -0.2) is 0 Å². The van der Waals surface area contributed by atoms with Crippen LogP contribution in [0.5, 0.6) is 0 Å². The predicted molar refractivity (Wildman–Crippen MR) is 82.5 cm³/mol. The number of carbonyl (C=O) groups is 1. The molecular weight excluding hydrogens is 278 g/mol. The molecule has 1 amide bonds. The molecule has 1 aliphatic carbocycles. The van der Waals surface area contributed by atoms with E-state index in [4.69, 9.17) is 4.42 Å². The Kier molecular flexibility index (Phi) is 3.31. The highest BCUT2D eigenvalue weighted by atomic mass is 16.4. The molecule has 1 aromatic heterocycles. The van der Waals surface area contributed by atoms with Crippen molar-refractivity contribution in [2.45, 2.75) is 32.6 Å². The summed E-state index contributed by atoms with van der Waals surface area (Å²) in [5, 5.41) is 7.54. The minimum Gasteiger partial charge on any atom is -0.417 e. The Bertz CT molecular complexity index is 693. The zero-order chi connectivity index (χ0) is 16.0. The first kappa shape index (κ1) is 14.8. The molecular formula is C17H21N3O2. The molecule has 0 aliphatic heterocycles. The number of nitrogens with zero attached hydrogens (tertiary/aromatic N) is 3. The van der Waals surface area contributed by atoms with E-state index in [0.717, 1.165) is 6.42 Å². The largest absolute Gasteiger partial charge is 0.417 e. The van der Waals surface area contributed by atoms with E-state index < -0.39 is 0 Å². The summed E-state index contributed by atoms with van der Waals surface area (Å²) in [6, 6.07) is 10.4. The third kappa shape index (κ3) is 2.30. The Morgan fingerprint density at radius 1 is 1.27 bits per heavy atom. The molecule has 0 saturated heterocycles. The minimum absolute atomic E-state index is 0.00621. The van der Waals surface area contributed by atoms with E-state index in [0.29, 0.717) is 12.4 Å². The Hall–Kier alpha value is -2.17. The number of hydrogen-bond acceptors (Lipinski definition) is 4. The number of aryl methyl sites for hydroxylation is 1. The summed E-state index contributed by atoms with van der Waals surface area (Å²) >= 11 is 0. The van der Waals surface area contributed by atoms with Gasteiger partial charge in [0.05, 0.1) is 0 Å². The van der Waals surface area contributed by atoms with Crippen LogP contribution in [0.2, 0.25) is 0 Å². The van der Waals surface area contributed by atoms with Gasteiger partial charge in [-0.2, -0.15) is 0 Å². The summed E-state index contributed by atoms with van der Waals surface area (Å²) in [6.07, 6.45) is 1.06. The monoisotopic (exact) mass is 299 g/mol. The van der Waals surface area contributed by atoms with Gasteiger partial charge in [0.15, 0.2) is 0 Å². The van der Waals surface area contributed by atoms with Gasteiger partial charge in [-0.3, -0.25) is 4.79 Å². The summed E-state index contributed by atoms with van der Waals surface area (Å²) in [5.74, 6) is 0.238. The molecule has 1 aliphatic rings. The maximum Gasteiger partial charge on any atom is 0.311 e. The normalized spacial score (nSPS) is 22.4. The molecule has 1 saturated carbocycles. The molecule has 22 heavy (non-hydrogen) atoms. The van der Waals surface area contributed by atoms with Gasteiger partial charge in [-0.1, -0.05) is 44.2 Å². The number of benzene rings is 1. The molecule has 0 unspecified atom stereocenters. The van der Waals surface area contributed by atoms with Crippen LogP contribution >= 0.6 is 0 Å². The predicted octanol–water partition coefficient (Wildman–Crippen LogP) is 2.82. The van der Waals surface area contributed by atoms with Crippen LogP contribution < -0.4 is 0 Å². The number of likely N-dealkylation sites (N-methyl/N-ethyl adjacent to an activating group) is 1. The van der Waals surface area contributed by atoms with Crippen molar-refractivity contribution in [3.05, 3.63) is 47.7 Å². The third-order valence-corrected chi connectivity index (χ3v) is 4.80. The highest BCUT2D eigenvalue weighted by Gasteiger charge is 2.62. The minimum atomic E-state index is -0.224. The van der Waals surface area contributed by atoms with Crippen LogP contribution in [0.25, 0.3) is 0 Å². The molecule has 0 bridgehead atoms. The zero-order valence-electron chi connectivity index (χ0n) is 13.5. The first-order chi connectivity index (χ1) is 10.4. The van der Waals surface area contributed by atoms with Crippen molar-refractivity contribution in [2.75, 3.05) is 13.6 Å². The van der Waals surface area contributed by atoms with Gasteiger partial charge >= 0.3 is 11.8 Å². The second-order valence-electron chi connectivity index (χ2n) is 6.80. The van der Waals surface area contributed by atoms with Gasteiger partial charge in [0.1, 0.15) is 0 Å². The maximum absolute atomic E-state index is 12.4. The Labute approximate surface area is 130 Å². The highest BCUT2D eigenvalue weighted by molar-refractivity contribution is 5.89. The van der Waals surface area contributed by atoms with E-state index in [9.17, 15) is 4.79 Å². The van der Waals surface area contributed by atoms with Crippen LogP contribution in [0.15, 0.2) is 34.7 Å². The third-order valence-electron chi connectivity index (χ3n) is 4.80. The zero-order valence-corrected chi connectivity index (χ0v) is 13.5. The van der Waals surface area contributed by atoms with E-state index in [1.54, 1.807) is 18.9 Å². The molecule has 1 heterocycles. The van der Waals surface area contributed by atoms with Crippen molar-refractivity contribution in [3.8, 4) is 0 Å². The number of aromatic nitrogens is 2. The van der Waals surface area contributed by atoms with Crippen molar-refractivity contribution in [1.82, 2.24) is 15.1 Å². The summed E-state index contributed by atoms with van der Waals surface area (Å²) < 4.78 is 5.25. The second kappa shape index (κ2) is 4.93. The fourth-order valence-electron chi connectivity index (χ4n) is 3.34. The van der Waals surface area contributed by atoms with Crippen molar-refractivity contribution in [2.24, 2.45) is 5.41 Å². The van der Waals surface area contributed by atoms with E-state index in [1.165, 1.54) is 5.56 Å². The number of carbonyl (C=O) groups excluding carboxylic acids is 1. The van der Waals surface area contributed by atoms with Gasteiger partial charge in [0, 0.05) is 25.9 Å². The van der Waals surface area contributed by atoms with Gasteiger partial charge in [-0.15, -0.1) is 10.2 Å². The quantitative estimate of drug-likeness (QED) is 0.871. The van der Waals surface area contributed by atoms with Gasteiger partial charge in [0.2, 0.25) is 5.89 Å². The van der Waals surface area contributed by atoms with E-state index in [-0.39, 0.29) is 22.6 Å². The molecule has 5 heteroatoms. The SMILES string of the molecule is Cc1nnc(C(=O)N(C)C[C@@]2(c3ccccc3)CC2(C)C)o1. The lowest BCUT2D eigenvalue weighted by Crippen LogP contribution is -2.36. The van der Waals surface area contributed by atoms with Crippen molar-refractivity contribution in [3.63, 3.8) is 0 Å². The fraction of sp³-hybridized carbons (Fsp3) is 0.471. The van der Waals surface area contributed by atoms with Gasteiger partial charge in [-0.05, 0) is 17.4 Å². The maximum atomic E-state index is 12.4. The topological polar surface area (TPSA) is 59.2 Å². The van der Waals surface area contributed by atoms with Crippen molar-refractivity contribution in [1.29, 1.82) is 0 Å². The van der Waals surface area contributed by atoms with E-state index in [1.807, 2.05) is 6.07 Å². The standard InChI is InChI=1S/C17H21N3O2/c1-12-18-19-14(22-12)15(21)20(4)11-17(10-16(17,2)3)13-8-6-5-7-9-13/h5-9H,10-11H2,1-4H3/t17-/m1/s1. The van der Waals surface area contributed by atoms with E-state index in [2.05, 4.69) is 48.3 Å². The molecule has 2 aromatic rings. The molecule has 3 rings (SSSR count). The van der Waals surface area contributed by atoms with Crippen LogP contribution in [0.3, 0.4) is 0 Å². The first-order valence-corrected chi connectivity index (χ1v) is 7.47. The van der Waals surface area contributed by atoms with Crippen molar-refractivity contribution < 1.29 is 9.21 Å². The fourth-order valence-corrected chi connectivity index (χ4v) is 3.34. The lowest BCUT2D eigenvalue weighted by Gasteiger charge is -2.27. The second-order valence-corrected chi connectivity index (χ2v) is 6.80. The van der Waals surface area contributed by atoms with Crippen LogP contribution in [-0.2, 0) is 5.41 Å². The number of amides is 1. The van der Waals surface area contributed by atoms with Gasteiger partial charge in [0.25, 0.3) is 0 Å². The highest BCUT2D eigenvalue weighted by Crippen LogP contribution is 2.64. The summed E-state index contributed by atoms with van der Waals surface area (Å²) in [6.45, 7) is 6.81. The average molecular weight is 299 g/mol. The van der Waals surface area contributed by atoms with Gasteiger partial charge < -0.3 is 9.32 Å². The lowest BCUT2D eigenvalue weighted by atomic mass is 9.87. The summed E-state index contributed by atoms with van der Waals surface area (Å²) in [7, 11) is 1.79. The molecule has 116 valence electrons. The number of rotatable bonds is 4. The summed E-state index contributed by atoms with van der Waals surface area (Å²) in [5.41, 5.74) is 1.45. The van der Waals surface area contributed by atoms with Crippen molar-refractivity contribution >= 4 is 5.91 Å². The molecule has 5 nitrogen and oxygen atoms in total. The lowest BCUT2D eigenvalue weighted by molar-refractivity contribution is 0.0734.